The van der Waals surface area contributed by atoms with Crippen molar-refractivity contribution in [2.75, 3.05) is 13.2 Å². The molecule has 9 heteroatoms. The number of esters is 4. The molecule has 0 heterocycles. The second kappa shape index (κ2) is 16.7. The van der Waals surface area contributed by atoms with Crippen molar-refractivity contribution in [1.29, 1.82) is 0 Å². The molecule has 2 aromatic rings. The largest absolute Gasteiger partial charge is 0.494 e. The molecule has 0 saturated heterocycles. The molecule has 0 spiro atoms. The molecule has 0 N–H and O–H groups in total. The first kappa shape index (κ1) is 32.8. The van der Waals surface area contributed by atoms with Crippen LogP contribution in [-0.2, 0) is 23.8 Å². The highest BCUT2D eigenvalue weighted by atomic mass is 16.6. The van der Waals surface area contributed by atoms with Gasteiger partial charge in [-0.3, -0.25) is 4.79 Å². The summed E-state index contributed by atoms with van der Waals surface area (Å²) < 4.78 is 27.0. The van der Waals surface area contributed by atoms with E-state index >= 15 is 0 Å². The smallest absolute Gasteiger partial charge is 0.343 e. The van der Waals surface area contributed by atoms with Crippen molar-refractivity contribution in [2.45, 2.75) is 52.9 Å². The number of unbranched alkanes of at least 4 members (excludes halogenated alkanes) is 1. The molecule has 0 aromatic heterocycles. The van der Waals surface area contributed by atoms with E-state index in [1.807, 2.05) is 20.8 Å². The number of hydrogen-bond acceptors (Lipinski definition) is 9. The first-order chi connectivity index (χ1) is 20.9. The van der Waals surface area contributed by atoms with Gasteiger partial charge in [0.25, 0.3) is 0 Å². The number of carbonyl (C=O) groups is 4. The molecule has 2 atom stereocenters. The molecule has 0 bridgehead atoms. The van der Waals surface area contributed by atoms with Crippen LogP contribution in [0.4, 0.5) is 0 Å². The van der Waals surface area contributed by atoms with Gasteiger partial charge in [0, 0.05) is 24.3 Å². The van der Waals surface area contributed by atoms with Crippen LogP contribution in [-0.4, -0.2) is 37.1 Å². The van der Waals surface area contributed by atoms with E-state index in [1.54, 1.807) is 60.7 Å². The maximum atomic E-state index is 12.7. The van der Waals surface area contributed by atoms with Crippen LogP contribution in [0.15, 0.2) is 84.9 Å². The Kier molecular flexibility index (Phi) is 12.8. The Morgan fingerprint density at radius 1 is 0.767 bits per heavy atom. The summed E-state index contributed by atoms with van der Waals surface area (Å²) in [5.41, 5.74) is 0.720. The van der Waals surface area contributed by atoms with Gasteiger partial charge < -0.3 is 23.7 Å². The Labute approximate surface area is 252 Å². The van der Waals surface area contributed by atoms with E-state index in [-0.39, 0.29) is 17.8 Å². The Morgan fingerprint density at radius 2 is 1.28 bits per heavy atom. The van der Waals surface area contributed by atoms with Crippen molar-refractivity contribution in [3.05, 3.63) is 96.0 Å². The van der Waals surface area contributed by atoms with E-state index in [0.717, 1.165) is 6.08 Å². The van der Waals surface area contributed by atoms with Crippen molar-refractivity contribution in [3.8, 4) is 11.5 Å². The number of benzene rings is 2. The summed E-state index contributed by atoms with van der Waals surface area (Å²) in [4.78, 5) is 47.9. The monoisotopic (exact) mass is 590 g/mol. The predicted octanol–water partition coefficient (Wildman–Crippen LogP) is 6.74. The van der Waals surface area contributed by atoms with Crippen LogP contribution >= 0.6 is 0 Å². The Morgan fingerprint density at radius 3 is 1.79 bits per heavy atom. The van der Waals surface area contributed by atoms with Crippen molar-refractivity contribution in [2.24, 2.45) is 11.8 Å². The second-order valence-corrected chi connectivity index (χ2v) is 9.57. The van der Waals surface area contributed by atoms with E-state index in [0.29, 0.717) is 79.5 Å². The van der Waals surface area contributed by atoms with Crippen molar-refractivity contribution in [3.63, 3.8) is 0 Å². The zero-order chi connectivity index (χ0) is 31.2. The van der Waals surface area contributed by atoms with Crippen molar-refractivity contribution >= 4 is 23.9 Å². The summed E-state index contributed by atoms with van der Waals surface area (Å²) in [6, 6.07) is 12.9. The predicted molar refractivity (Wildman–Crippen MR) is 159 cm³/mol. The van der Waals surface area contributed by atoms with Crippen LogP contribution in [0.1, 0.15) is 73.6 Å². The topological polar surface area (TPSA) is 114 Å². The molecule has 2 aliphatic rings. The number of rotatable bonds is 14. The van der Waals surface area contributed by atoms with Crippen molar-refractivity contribution in [1.82, 2.24) is 0 Å². The summed E-state index contributed by atoms with van der Waals surface area (Å²) in [5, 5.41) is 0. The van der Waals surface area contributed by atoms with Gasteiger partial charge in [-0.1, -0.05) is 27.4 Å². The molecule has 9 nitrogen and oxygen atoms in total. The molecule has 2 unspecified atom stereocenters. The molecule has 0 radical (unpaired) electrons. The lowest BCUT2D eigenvalue weighted by Crippen LogP contribution is -2.12. The molecular weight excluding hydrogens is 552 g/mol. The summed E-state index contributed by atoms with van der Waals surface area (Å²) in [7, 11) is 0. The Hall–Kier alpha value is -4.66. The highest BCUT2D eigenvalue weighted by Crippen LogP contribution is 2.52. The summed E-state index contributed by atoms with van der Waals surface area (Å²) in [6.45, 7) is 9.99. The van der Waals surface area contributed by atoms with Crippen LogP contribution in [0.2, 0.25) is 0 Å². The van der Waals surface area contributed by atoms with E-state index in [2.05, 4.69) is 6.58 Å². The fourth-order valence-corrected chi connectivity index (χ4v) is 4.15. The van der Waals surface area contributed by atoms with Gasteiger partial charge in [0.15, 0.2) is 0 Å². The number of carbonyl (C=O) groups excluding carboxylic acids is 4. The summed E-state index contributed by atoms with van der Waals surface area (Å²) in [6.07, 6.45) is 7.55. The standard InChI is InChI=1S/C32H32O9.C2H6/c1-3-7-30(34)39-24-14-10-22(11-15-24)32(36)41-28-17-16-27(25-20-26(25)28)40-31(35)21-8-12-23(13-9-21)37-18-5-6-19-38-29(33)4-2;1-2/h4,8-17,25-26H,2-3,5-7,18-20H2,1H3;1-2H3. The quantitative estimate of drug-likeness (QED) is 0.0776. The molecular formula is C34H38O9. The molecule has 43 heavy (non-hydrogen) atoms. The van der Waals surface area contributed by atoms with Gasteiger partial charge in [0.2, 0.25) is 0 Å². The maximum Gasteiger partial charge on any atom is 0.343 e. The fourth-order valence-electron chi connectivity index (χ4n) is 4.15. The van der Waals surface area contributed by atoms with Crippen LogP contribution in [0.3, 0.4) is 0 Å². The molecule has 4 rings (SSSR count). The maximum absolute atomic E-state index is 12.7. The van der Waals surface area contributed by atoms with E-state index in [4.69, 9.17) is 23.7 Å². The number of hydrogen-bond donors (Lipinski definition) is 0. The zero-order valence-electron chi connectivity index (χ0n) is 24.8. The zero-order valence-corrected chi connectivity index (χ0v) is 24.8. The molecule has 0 amide bonds. The van der Waals surface area contributed by atoms with Gasteiger partial charge >= 0.3 is 23.9 Å². The third-order valence-electron chi connectivity index (χ3n) is 6.44. The van der Waals surface area contributed by atoms with Crippen LogP contribution in [0.25, 0.3) is 0 Å². The van der Waals surface area contributed by atoms with Gasteiger partial charge in [-0.25, -0.2) is 14.4 Å². The number of fused-ring (bicyclic) bond motifs is 1. The lowest BCUT2D eigenvalue weighted by Gasteiger charge is -2.15. The minimum absolute atomic E-state index is 0.0273. The van der Waals surface area contributed by atoms with Crippen LogP contribution < -0.4 is 9.47 Å². The number of ether oxygens (including phenoxy) is 5. The van der Waals surface area contributed by atoms with Gasteiger partial charge in [0.1, 0.15) is 23.0 Å². The highest BCUT2D eigenvalue weighted by Gasteiger charge is 2.48. The molecule has 1 saturated carbocycles. The minimum Gasteiger partial charge on any atom is -0.494 e. The average Bonchev–Trinajstić information content (AvgIpc) is 3.83. The van der Waals surface area contributed by atoms with Gasteiger partial charge in [-0.05, 0) is 86.4 Å². The van der Waals surface area contributed by atoms with Gasteiger partial charge in [-0.2, -0.15) is 0 Å². The second-order valence-electron chi connectivity index (χ2n) is 9.57. The van der Waals surface area contributed by atoms with Crippen LogP contribution in [0, 0.1) is 11.8 Å². The van der Waals surface area contributed by atoms with E-state index in [9.17, 15) is 19.2 Å². The van der Waals surface area contributed by atoms with Crippen LogP contribution in [0.5, 0.6) is 11.5 Å². The molecule has 228 valence electrons. The molecule has 2 aliphatic carbocycles. The van der Waals surface area contributed by atoms with Crippen molar-refractivity contribution < 1.29 is 42.9 Å². The van der Waals surface area contributed by atoms with Gasteiger partial charge in [-0.15, -0.1) is 0 Å². The third kappa shape index (κ3) is 9.99. The average molecular weight is 591 g/mol. The summed E-state index contributed by atoms with van der Waals surface area (Å²) >= 11 is 0. The first-order valence-electron chi connectivity index (χ1n) is 14.6. The fraction of sp³-hybridized carbons (Fsp3) is 0.353. The third-order valence-corrected chi connectivity index (χ3v) is 6.44. The SMILES string of the molecule is C=CC(=O)OCCCCOc1ccc(C(=O)OC2=CC=C(OC(=O)c3ccc(OC(=O)CCC)cc3)C3CC23)cc1.CC. The molecule has 1 fully saturated rings. The lowest BCUT2D eigenvalue weighted by atomic mass is 10.1. The summed E-state index contributed by atoms with van der Waals surface area (Å²) in [5.74, 6) is 0.236. The Balaban J connectivity index is 0.00000248. The van der Waals surface area contributed by atoms with E-state index < -0.39 is 17.9 Å². The molecule has 0 aliphatic heterocycles. The van der Waals surface area contributed by atoms with E-state index in [1.165, 1.54) is 0 Å². The Bertz CT molecular complexity index is 1340. The minimum atomic E-state index is -0.513. The lowest BCUT2D eigenvalue weighted by molar-refractivity contribution is -0.138. The first-order valence-corrected chi connectivity index (χ1v) is 14.6. The highest BCUT2D eigenvalue weighted by molar-refractivity contribution is 5.91. The number of allylic oxidation sites excluding steroid dienone is 4. The molecule has 2 aromatic carbocycles. The van der Waals surface area contributed by atoms with Gasteiger partial charge in [0.05, 0.1) is 24.3 Å². The normalized spacial score (nSPS) is 16.1.